The van der Waals surface area contributed by atoms with Gasteiger partial charge >= 0.3 is 5.97 Å². The lowest BCUT2D eigenvalue weighted by Crippen LogP contribution is -2.35. The largest absolute Gasteiger partial charge is 0.469 e. The van der Waals surface area contributed by atoms with Crippen LogP contribution < -0.4 is 0 Å². The molecule has 102 valence electrons. The zero-order valence-corrected chi connectivity index (χ0v) is 11.8. The van der Waals surface area contributed by atoms with Gasteiger partial charge in [-0.15, -0.1) is 0 Å². The van der Waals surface area contributed by atoms with Gasteiger partial charge in [0.15, 0.2) is 0 Å². The van der Waals surface area contributed by atoms with Gasteiger partial charge in [-0.2, -0.15) is 0 Å². The van der Waals surface area contributed by atoms with Crippen LogP contribution in [-0.2, 0) is 16.0 Å². The van der Waals surface area contributed by atoms with Crippen LogP contribution >= 0.6 is 0 Å². The number of methoxy groups -OCH3 is 1. The summed E-state index contributed by atoms with van der Waals surface area (Å²) in [4.78, 5) is 17.0. The molecule has 0 fully saturated rings. The van der Waals surface area contributed by atoms with E-state index in [1.54, 1.807) is 0 Å². The van der Waals surface area contributed by atoms with Crippen molar-refractivity contribution in [3.63, 3.8) is 0 Å². The second-order valence-electron chi connectivity index (χ2n) is 5.08. The molecule has 0 radical (unpaired) electrons. The fourth-order valence-electron chi connectivity index (χ4n) is 1.97. The number of hydrogen-bond donors (Lipinski definition) is 1. The van der Waals surface area contributed by atoms with E-state index < -0.39 is 0 Å². The van der Waals surface area contributed by atoms with Crippen LogP contribution in [0.3, 0.4) is 0 Å². The van der Waals surface area contributed by atoms with Crippen molar-refractivity contribution in [2.24, 2.45) is 11.8 Å². The Kier molecular flexibility index (Phi) is 5.92. The summed E-state index contributed by atoms with van der Waals surface area (Å²) in [6.45, 7) is 5.78. The Labute approximate surface area is 109 Å². The van der Waals surface area contributed by atoms with Gasteiger partial charge in [0.1, 0.15) is 0 Å². The Morgan fingerprint density at radius 3 is 2.72 bits per heavy atom. The Hall–Kier alpha value is -1.29. The van der Waals surface area contributed by atoms with Crippen molar-refractivity contribution < 1.29 is 9.53 Å². The molecule has 0 saturated heterocycles. The van der Waals surface area contributed by atoms with Crippen LogP contribution in [0, 0.1) is 11.8 Å². The van der Waals surface area contributed by atoms with Crippen LogP contribution in [0.4, 0.5) is 0 Å². The molecule has 1 unspecified atom stereocenters. The minimum Gasteiger partial charge on any atom is -0.469 e. The van der Waals surface area contributed by atoms with Gasteiger partial charge in [-0.1, -0.05) is 13.8 Å². The zero-order chi connectivity index (χ0) is 13.5. The van der Waals surface area contributed by atoms with E-state index in [2.05, 4.69) is 29.8 Å². The van der Waals surface area contributed by atoms with Gasteiger partial charge in [-0.05, 0) is 25.1 Å². The molecule has 1 aromatic heterocycles. The zero-order valence-electron chi connectivity index (χ0n) is 11.8. The highest BCUT2D eigenvalue weighted by atomic mass is 16.5. The number of esters is 1. The van der Waals surface area contributed by atoms with E-state index in [0.717, 1.165) is 19.5 Å². The number of H-pyrrole nitrogens is 1. The van der Waals surface area contributed by atoms with Crippen LogP contribution in [0.5, 0.6) is 0 Å². The van der Waals surface area contributed by atoms with E-state index in [4.69, 9.17) is 4.74 Å². The third kappa shape index (κ3) is 4.53. The van der Waals surface area contributed by atoms with Crippen molar-refractivity contribution in [2.75, 3.05) is 27.2 Å². The van der Waals surface area contributed by atoms with Crippen molar-refractivity contribution in [1.82, 2.24) is 9.88 Å². The fourth-order valence-corrected chi connectivity index (χ4v) is 1.97. The highest BCUT2D eigenvalue weighted by Crippen LogP contribution is 2.14. The average molecular weight is 252 g/mol. The number of rotatable bonds is 7. The van der Waals surface area contributed by atoms with Gasteiger partial charge in [0, 0.05) is 31.4 Å². The van der Waals surface area contributed by atoms with Crippen molar-refractivity contribution in [1.29, 1.82) is 0 Å². The molecule has 1 rings (SSSR count). The molecule has 0 amide bonds. The summed E-state index contributed by atoms with van der Waals surface area (Å²) in [5, 5.41) is 0. The Morgan fingerprint density at radius 1 is 1.50 bits per heavy atom. The second-order valence-corrected chi connectivity index (χ2v) is 5.08. The van der Waals surface area contributed by atoms with Crippen LogP contribution in [0.15, 0.2) is 18.3 Å². The molecule has 0 aliphatic heterocycles. The predicted molar refractivity (Wildman–Crippen MR) is 72.3 cm³/mol. The van der Waals surface area contributed by atoms with Gasteiger partial charge in [-0.3, -0.25) is 4.79 Å². The first-order valence-corrected chi connectivity index (χ1v) is 6.43. The molecule has 0 aliphatic carbocycles. The normalized spacial score (nSPS) is 13.0. The summed E-state index contributed by atoms with van der Waals surface area (Å²) in [5.74, 6) is 0.130. The van der Waals surface area contributed by atoms with Gasteiger partial charge < -0.3 is 14.6 Å². The van der Waals surface area contributed by atoms with Gasteiger partial charge in [0.25, 0.3) is 0 Å². The molecule has 0 aliphatic rings. The molecule has 0 bridgehead atoms. The van der Waals surface area contributed by atoms with Crippen molar-refractivity contribution in [2.45, 2.75) is 20.3 Å². The van der Waals surface area contributed by atoms with Crippen LogP contribution in [0.1, 0.15) is 19.5 Å². The minimum atomic E-state index is -0.114. The van der Waals surface area contributed by atoms with Crippen molar-refractivity contribution >= 4 is 5.97 Å². The third-order valence-electron chi connectivity index (χ3n) is 3.24. The number of aromatic nitrogens is 1. The van der Waals surface area contributed by atoms with Crippen LogP contribution in [0.25, 0.3) is 0 Å². The molecule has 1 heterocycles. The van der Waals surface area contributed by atoms with Gasteiger partial charge in [-0.25, -0.2) is 0 Å². The number of carbonyl (C=O) groups is 1. The van der Waals surface area contributed by atoms with Crippen LogP contribution in [-0.4, -0.2) is 43.1 Å². The molecule has 0 spiro atoms. The molecule has 0 saturated carbocycles. The average Bonchev–Trinajstić information content (AvgIpc) is 2.85. The monoisotopic (exact) mass is 252 g/mol. The Bertz CT molecular complexity index is 347. The van der Waals surface area contributed by atoms with E-state index in [1.807, 2.05) is 19.3 Å². The number of likely N-dealkylation sites (N-methyl/N-ethyl adjacent to an activating group) is 1. The third-order valence-corrected chi connectivity index (χ3v) is 3.24. The predicted octanol–water partition coefficient (Wildman–Crippen LogP) is 1.93. The fraction of sp³-hybridized carbons (Fsp3) is 0.643. The number of nitrogens with zero attached hydrogens (tertiary/aromatic N) is 1. The quantitative estimate of drug-likeness (QED) is 0.754. The maximum atomic E-state index is 11.7. The summed E-state index contributed by atoms with van der Waals surface area (Å²) in [6, 6.07) is 4.08. The number of ether oxygens (including phenoxy) is 1. The molecular formula is C14H24N2O2. The highest BCUT2D eigenvalue weighted by Gasteiger charge is 2.24. The number of aromatic amines is 1. The topological polar surface area (TPSA) is 45.3 Å². The minimum absolute atomic E-state index is 0.0522. The van der Waals surface area contributed by atoms with Gasteiger partial charge in [0.05, 0.1) is 13.0 Å². The molecule has 1 N–H and O–H groups in total. The number of carbonyl (C=O) groups excluding carboxylic acids is 1. The first-order chi connectivity index (χ1) is 8.54. The summed E-state index contributed by atoms with van der Waals surface area (Å²) < 4.78 is 4.85. The standard InChI is InChI=1S/C14H24N2O2/c1-11(2)13(14(17)18-4)10-16(3)9-7-12-6-5-8-15-12/h5-6,8,11,13,15H,7,9-10H2,1-4H3. The molecule has 1 aromatic rings. The summed E-state index contributed by atoms with van der Waals surface area (Å²) in [7, 11) is 3.50. The molecule has 0 aromatic carbocycles. The smallest absolute Gasteiger partial charge is 0.310 e. The summed E-state index contributed by atoms with van der Waals surface area (Å²) in [6.07, 6.45) is 2.90. The Morgan fingerprint density at radius 2 is 2.22 bits per heavy atom. The van der Waals surface area contributed by atoms with E-state index in [9.17, 15) is 4.79 Å². The maximum absolute atomic E-state index is 11.7. The first kappa shape index (κ1) is 14.8. The second kappa shape index (κ2) is 7.21. The van der Waals surface area contributed by atoms with Crippen LogP contribution in [0.2, 0.25) is 0 Å². The van der Waals surface area contributed by atoms with E-state index in [-0.39, 0.29) is 11.9 Å². The van der Waals surface area contributed by atoms with Gasteiger partial charge in [0.2, 0.25) is 0 Å². The molecule has 18 heavy (non-hydrogen) atoms. The van der Waals surface area contributed by atoms with E-state index >= 15 is 0 Å². The number of hydrogen-bond acceptors (Lipinski definition) is 3. The van der Waals surface area contributed by atoms with Crippen molar-refractivity contribution in [3.8, 4) is 0 Å². The first-order valence-electron chi connectivity index (χ1n) is 6.43. The molecular weight excluding hydrogens is 228 g/mol. The van der Waals surface area contributed by atoms with Crippen molar-refractivity contribution in [3.05, 3.63) is 24.0 Å². The lowest BCUT2D eigenvalue weighted by Gasteiger charge is -2.24. The summed E-state index contributed by atoms with van der Waals surface area (Å²) >= 11 is 0. The van der Waals surface area contributed by atoms with E-state index in [0.29, 0.717) is 5.92 Å². The molecule has 4 heteroatoms. The molecule has 1 atom stereocenters. The Balaban J connectivity index is 2.41. The van der Waals surface area contributed by atoms with E-state index in [1.165, 1.54) is 12.8 Å². The lowest BCUT2D eigenvalue weighted by atomic mass is 9.95. The SMILES string of the molecule is COC(=O)C(CN(C)CCc1ccc[nH]1)C(C)C. The number of nitrogens with one attached hydrogen (secondary N) is 1. The lowest BCUT2D eigenvalue weighted by molar-refractivity contribution is -0.147. The highest BCUT2D eigenvalue weighted by molar-refractivity contribution is 5.72. The summed E-state index contributed by atoms with van der Waals surface area (Å²) in [5.41, 5.74) is 1.22. The molecule has 4 nitrogen and oxygen atoms in total. The maximum Gasteiger partial charge on any atom is 0.310 e.